The van der Waals surface area contributed by atoms with Gasteiger partial charge in [0.25, 0.3) is 0 Å². The summed E-state index contributed by atoms with van der Waals surface area (Å²) in [4.78, 5) is 73.1. The summed E-state index contributed by atoms with van der Waals surface area (Å²) in [5.74, 6) is -0.626. The lowest BCUT2D eigenvalue weighted by atomic mass is 10.0. The van der Waals surface area contributed by atoms with E-state index in [4.69, 9.17) is 37.0 Å². The van der Waals surface area contributed by atoms with E-state index in [2.05, 4.69) is 41.5 Å². The predicted molar refractivity (Wildman–Crippen MR) is 423 cm³/mol. The van der Waals surface area contributed by atoms with Crippen LogP contribution in [0, 0.1) is 11.8 Å². The molecule has 0 aromatic carbocycles. The lowest BCUT2D eigenvalue weighted by Gasteiger charge is -2.21. The molecule has 19 heteroatoms. The van der Waals surface area contributed by atoms with E-state index in [9.17, 15) is 43.2 Å². The number of aliphatic hydroxyl groups is 1. The fraction of sp³-hybridized carbons (Fsp3) is 0.952. The van der Waals surface area contributed by atoms with Crippen LogP contribution in [0.4, 0.5) is 0 Å². The van der Waals surface area contributed by atoms with E-state index in [0.29, 0.717) is 25.7 Å². The van der Waals surface area contributed by atoms with Crippen LogP contribution in [-0.2, 0) is 65.4 Å². The molecule has 0 saturated heterocycles. The van der Waals surface area contributed by atoms with Crippen molar-refractivity contribution >= 4 is 39.5 Å². The molecular weight excluding hydrogens is 1340 g/mol. The molecule has 0 aromatic rings. The van der Waals surface area contributed by atoms with Crippen LogP contribution in [0.3, 0.4) is 0 Å². The molecule has 0 saturated carbocycles. The van der Waals surface area contributed by atoms with E-state index >= 15 is 0 Å². The summed E-state index contributed by atoms with van der Waals surface area (Å²) < 4.78 is 68.8. The van der Waals surface area contributed by atoms with Gasteiger partial charge < -0.3 is 33.8 Å². The fourth-order valence-corrected chi connectivity index (χ4v) is 14.6. The molecule has 0 rings (SSSR count). The molecule has 5 atom stereocenters. The summed E-state index contributed by atoms with van der Waals surface area (Å²) in [6.45, 7) is 9.61. The van der Waals surface area contributed by atoms with Gasteiger partial charge >= 0.3 is 39.5 Å². The van der Waals surface area contributed by atoms with E-state index in [-0.39, 0.29) is 25.7 Å². The highest BCUT2D eigenvalue weighted by Crippen LogP contribution is 2.45. The first kappa shape index (κ1) is 101. The zero-order chi connectivity index (χ0) is 75.6. The number of carbonyl (C=O) groups is 4. The molecule has 103 heavy (non-hydrogen) atoms. The number of unbranched alkanes of at least 4 members (excludes halogenated alkanes) is 53. The van der Waals surface area contributed by atoms with E-state index in [1.54, 1.807) is 0 Å². The van der Waals surface area contributed by atoms with Crippen LogP contribution < -0.4 is 0 Å². The number of ether oxygens (including phenoxy) is 4. The number of esters is 4. The van der Waals surface area contributed by atoms with Gasteiger partial charge in [0.1, 0.15) is 19.3 Å². The second kappa shape index (κ2) is 75.5. The average molecular weight is 1510 g/mol. The zero-order valence-electron chi connectivity index (χ0n) is 67.6. The SMILES string of the molecule is CCCCCCCCCCCCCCCCCCCCCCC(=O)O[C@H](COC(=O)CCCCCCCCCCCCCCCCCCCCC)COP(=O)(O)OC[C@@H](O)COP(=O)(O)OC[C@@H](COC(=O)CCCCCCCCCCCC(C)C)OC(=O)CCCCCCCCCCCC(C)C. The molecular formula is C84H164O17P2. The average Bonchev–Trinajstić information content (AvgIpc) is 0.939. The number of aliphatic hydroxyl groups excluding tert-OH is 1. The summed E-state index contributed by atoms with van der Waals surface area (Å²) >= 11 is 0. The molecule has 612 valence electrons. The van der Waals surface area contributed by atoms with E-state index in [0.717, 1.165) is 102 Å². The van der Waals surface area contributed by atoms with Crippen molar-refractivity contribution < 1.29 is 80.2 Å². The van der Waals surface area contributed by atoms with Crippen LogP contribution in [0.1, 0.15) is 446 Å². The standard InChI is InChI=1S/C84H164O17P2/c1-7-9-11-13-15-17-19-21-23-25-27-29-31-33-35-37-43-50-56-62-68-83(88)100-79(72-94-81(86)66-60-54-48-42-36-34-32-30-28-26-24-22-20-18-16-14-12-10-8-2)74-98-102(90,91)96-70-78(85)71-97-103(92,93)99-75-80(101-84(89)69-63-57-51-45-39-41-47-53-59-65-77(5)6)73-95-82(87)67-61-55-49-44-38-40-46-52-58-64-76(3)4/h76-80,85H,7-75H2,1-6H3,(H,90,91)(H,92,93)/t78-,79-,80-/m1/s1. The Bertz CT molecular complexity index is 1980. The Morgan fingerprint density at radius 1 is 0.262 bits per heavy atom. The van der Waals surface area contributed by atoms with Crippen LogP contribution in [0.2, 0.25) is 0 Å². The van der Waals surface area contributed by atoms with Crippen LogP contribution in [0.5, 0.6) is 0 Å². The maximum Gasteiger partial charge on any atom is 0.472 e. The molecule has 2 unspecified atom stereocenters. The van der Waals surface area contributed by atoms with Gasteiger partial charge in [-0.1, -0.05) is 395 Å². The van der Waals surface area contributed by atoms with Gasteiger partial charge in [0.05, 0.1) is 26.4 Å². The second-order valence-corrected chi connectivity index (χ2v) is 34.1. The minimum Gasteiger partial charge on any atom is -0.462 e. The highest BCUT2D eigenvalue weighted by Gasteiger charge is 2.30. The van der Waals surface area contributed by atoms with Crippen molar-refractivity contribution in [3.05, 3.63) is 0 Å². The minimum absolute atomic E-state index is 0.105. The van der Waals surface area contributed by atoms with Crippen molar-refractivity contribution in [1.29, 1.82) is 0 Å². The number of hydrogen-bond donors (Lipinski definition) is 3. The van der Waals surface area contributed by atoms with Gasteiger partial charge in [0, 0.05) is 25.7 Å². The van der Waals surface area contributed by atoms with Gasteiger partial charge in [-0.15, -0.1) is 0 Å². The van der Waals surface area contributed by atoms with Crippen LogP contribution >= 0.6 is 15.6 Å². The first-order chi connectivity index (χ1) is 49.9. The molecule has 0 aliphatic heterocycles. The van der Waals surface area contributed by atoms with Crippen molar-refractivity contribution in [2.24, 2.45) is 11.8 Å². The third-order valence-electron chi connectivity index (χ3n) is 19.7. The van der Waals surface area contributed by atoms with Crippen molar-refractivity contribution in [3.8, 4) is 0 Å². The molecule has 0 aliphatic rings. The predicted octanol–water partition coefficient (Wildman–Crippen LogP) is 25.5. The summed E-state index contributed by atoms with van der Waals surface area (Å²) in [5, 5.41) is 10.7. The molecule has 0 heterocycles. The molecule has 0 fully saturated rings. The Balaban J connectivity index is 5.23. The molecule has 0 aromatic heterocycles. The Labute approximate surface area is 632 Å². The third kappa shape index (κ3) is 78.0. The van der Waals surface area contributed by atoms with E-state index < -0.39 is 97.5 Å². The summed E-state index contributed by atoms with van der Waals surface area (Å²) in [7, 11) is -9.92. The summed E-state index contributed by atoms with van der Waals surface area (Å²) in [6.07, 6.45) is 66.8. The van der Waals surface area contributed by atoms with Gasteiger partial charge in [0.15, 0.2) is 12.2 Å². The highest BCUT2D eigenvalue weighted by molar-refractivity contribution is 7.47. The van der Waals surface area contributed by atoms with Crippen molar-refractivity contribution in [2.45, 2.75) is 464 Å². The molecule has 3 N–H and O–H groups in total. The summed E-state index contributed by atoms with van der Waals surface area (Å²) in [5.41, 5.74) is 0. The first-order valence-corrected chi connectivity index (χ1v) is 46.5. The van der Waals surface area contributed by atoms with Gasteiger partial charge in [-0.3, -0.25) is 37.3 Å². The molecule has 0 radical (unpaired) electrons. The van der Waals surface area contributed by atoms with Gasteiger partial charge in [-0.2, -0.15) is 0 Å². The maximum atomic E-state index is 13.1. The quantitative estimate of drug-likeness (QED) is 0.0222. The number of rotatable bonds is 83. The van der Waals surface area contributed by atoms with E-state index in [1.807, 2.05) is 0 Å². The van der Waals surface area contributed by atoms with Crippen LogP contribution in [-0.4, -0.2) is 96.7 Å². The maximum absolute atomic E-state index is 13.1. The number of phosphoric ester groups is 2. The molecule has 0 spiro atoms. The number of carbonyl (C=O) groups excluding carboxylic acids is 4. The molecule has 0 bridgehead atoms. The molecule has 0 amide bonds. The zero-order valence-corrected chi connectivity index (χ0v) is 69.4. The van der Waals surface area contributed by atoms with Crippen LogP contribution in [0.15, 0.2) is 0 Å². The molecule has 17 nitrogen and oxygen atoms in total. The number of phosphoric acid groups is 2. The monoisotopic (exact) mass is 1510 g/mol. The Morgan fingerprint density at radius 3 is 0.660 bits per heavy atom. The number of hydrogen-bond acceptors (Lipinski definition) is 15. The Hall–Kier alpha value is -1.94. The Morgan fingerprint density at radius 2 is 0.447 bits per heavy atom. The minimum atomic E-state index is -4.96. The van der Waals surface area contributed by atoms with Gasteiger partial charge in [0.2, 0.25) is 0 Å². The first-order valence-electron chi connectivity index (χ1n) is 43.5. The van der Waals surface area contributed by atoms with Gasteiger partial charge in [-0.05, 0) is 37.5 Å². The van der Waals surface area contributed by atoms with Gasteiger partial charge in [-0.25, -0.2) is 9.13 Å². The van der Waals surface area contributed by atoms with Crippen LogP contribution in [0.25, 0.3) is 0 Å². The second-order valence-electron chi connectivity index (χ2n) is 31.2. The van der Waals surface area contributed by atoms with Crippen molar-refractivity contribution in [1.82, 2.24) is 0 Å². The largest absolute Gasteiger partial charge is 0.472 e. The van der Waals surface area contributed by atoms with E-state index in [1.165, 1.54) is 263 Å². The smallest absolute Gasteiger partial charge is 0.462 e. The highest BCUT2D eigenvalue weighted by atomic mass is 31.2. The topological polar surface area (TPSA) is 237 Å². The van der Waals surface area contributed by atoms with Crippen molar-refractivity contribution in [2.75, 3.05) is 39.6 Å². The lowest BCUT2D eigenvalue weighted by molar-refractivity contribution is -0.161. The lowest BCUT2D eigenvalue weighted by Crippen LogP contribution is -2.30. The third-order valence-corrected chi connectivity index (χ3v) is 21.6. The fourth-order valence-electron chi connectivity index (χ4n) is 13.1. The van der Waals surface area contributed by atoms with Crippen molar-refractivity contribution in [3.63, 3.8) is 0 Å². The molecule has 0 aliphatic carbocycles. The summed E-state index contributed by atoms with van der Waals surface area (Å²) in [6, 6.07) is 0. The Kier molecular flexibility index (Phi) is 74.1. The normalized spacial score (nSPS) is 13.9.